The number of pyridine rings is 1. The fourth-order valence-electron chi connectivity index (χ4n) is 6.77. The lowest BCUT2D eigenvalue weighted by molar-refractivity contribution is -0.0790. The summed E-state index contributed by atoms with van der Waals surface area (Å²) in [6, 6.07) is 10.1. The van der Waals surface area contributed by atoms with Gasteiger partial charge in [-0.3, -0.25) is 9.05 Å². The lowest BCUT2D eigenvalue weighted by Gasteiger charge is -2.26. The molecule has 6 atom stereocenters. The monoisotopic (exact) mass is 813 g/mol. The van der Waals surface area contributed by atoms with E-state index in [1.54, 1.807) is 30.3 Å². The van der Waals surface area contributed by atoms with Crippen molar-refractivity contribution in [2.24, 2.45) is 0 Å². The number of aromatic nitrogens is 4. The van der Waals surface area contributed by atoms with Gasteiger partial charge < -0.3 is 35.1 Å². The molecule has 0 amide bonds. The third kappa shape index (κ3) is 14.7. The highest BCUT2D eigenvalue weighted by atomic mass is 31.2. The Labute approximate surface area is 335 Å². The van der Waals surface area contributed by atoms with Crippen LogP contribution in [-0.2, 0) is 34.4 Å². The average Bonchev–Trinajstić information content (AvgIpc) is 3.76. The molecule has 17 heteroatoms. The van der Waals surface area contributed by atoms with Gasteiger partial charge in [-0.15, -0.1) is 0 Å². The van der Waals surface area contributed by atoms with Crippen LogP contribution in [0, 0.1) is 22.7 Å². The molecule has 5 N–H and O–H groups in total. The van der Waals surface area contributed by atoms with Crippen molar-refractivity contribution in [1.29, 1.82) is 10.5 Å². The number of nitrogens with zero attached hydrogens (tertiary/aromatic N) is 6. The summed E-state index contributed by atoms with van der Waals surface area (Å²) in [6.07, 6.45) is 17.5. The van der Waals surface area contributed by atoms with Crippen LogP contribution in [0.3, 0.4) is 0 Å². The first kappa shape index (κ1) is 46.2. The van der Waals surface area contributed by atoms with E-state index in [-0.39, 0.29) is 30.4 Å². The van der Waals surface area contributed by atoms with Gasteiger partial charge in [0.05, 0.1) is 25.5 Å². The van der Waals surface area contributed by atoms with Crippen LogP contribution in [0.25, 0.3) is 5.52 Å². The van der Waals surface area contributed by atoms with E-state index in [0.717, 1.165) is 19.3 Å². The zero-order valence-corrected chi connectivity index (χ0v) is 34.0. The number of ether oxygens (including phenoxy) is 3. The van der Waals surface area contributed by atoms with Crippen LogP contribution in [0.1, 0.15) is 133 Å². The van der Waals surface area contributed by atoms with Crippen molar-refractivity contribution in [2.45, 2.75) is 146 Å². The molecule has 57 heavy (non-hydrogen) atoms. The van der Waals surface area contributed by atoms with E-state index in [1.165, 1.54) is 101 Å². The third-order valence-corrected chi connectivity index (χ3v) is 11.1. The van der Waals surface area contributed by atoms with E-state index < -0.39 is 51.1 Å². The summed E-state index contributed by atoms with van der Waals surface area (Å²) in [6.45, 7) is 1.52. The molecule has 0 saturated carbocycles. The SMILES string of the molecule is CCCCCCCCCCCCCCCCCCOC[C@H](COP(=O)(O)OC[C@@]1(C#N)O[C@@H](c2ccc3c(N)ncnn23)[C@H](O)[C@@H]1O)OCc1ccc(C#N)nc1. The summed E-state index contributed by atoms with van der Waals surface area (Å²) in [5, 5.41) is 45.0. The zero-order chi connectivity index (χ0) is 40.9. The molecule has 0 aromatic carbocycles. The number of hydrogen-bond donors (Lipinski definition) is 4. The molecule has 314 valence electrons. The maximum absolute atomic E-state index is 13.1. The minimum Gasteiger partial charge on any atom is -0.387 e. The van der Waals surface area contributed by atoms with E-state index in [2.05, 4.69) is 22.0 Å². The van der Waals surface area contributed by atoms with Crippen LogP contribution in [0.2, 0.25) is 0 Å². The number of nitriles is 2. The summed E-state index contributed by atoms with van der Waals surface area (Å²) >= 11 is 0. The molecule has 16 nitrogen and oxygen atoms in total. The molecule has 0 aliphatic carbocycles. The number of nitrogen functional groups attached to an aromatic ring is 1. The maximum Gasteiger partial charge on any atom is 0.472 e. The molecule has 4 rings (SSSR count). The summed E-state index contributed by atoms with van der Waals surface area (Å²) in [5.74, 6) is 0.166. The Morgan fingerprint density at radius 3 is 2.16 bits per heavy atom. The number of anilines is 1. The first-order valence-electron chi connectivity index (χ1n) is 20.3. The number of fused-ring (bicyclic) bond motifs is 1. The number of rotatable bonds is 29. The molecule has 1 unspecified atom stereocenters. The van der Waals surface area contributed by atoms with Crippen LogP contribution < -0.4 is 5.73 Å². The van der Waals surface area contributed by atoms with Gasteiger partial charge in [0.1, 0.15) is 60.7 Å². The quantitative estimate of drug-likeness (QED) is 0.0425. The normalized spacial score (nSPS) is 21.0. The fourth-order valence-corrected chi connectivity index (χ4v) is 7.55. The van der Waals surface area contributed by atoms with Crippen molar-refractivity contribution in [3.8, 4) is 12.1 Å². The molecule has 3 aromatic rings. The molecule has 4 heterocycles. The van der Waals surface area contributed by atoms with Crippen LogP contribution in [0.15, 0.2) is 36.8 Å². The Morgan fingerprint density at radius 2 is 1.56 bits per heavy atom. The number of phosphoric acid groups is 1. The van der Waals surface area contributed by atoms with E-state index in [1.807, 2.05) is 6.07 Å². The second-order valence-electron chi connectivity index (χ2n) is 14.7. The predicted octanol–water partition coefficient (Wildman–Crippen LogP) is 6.63. The summed E-state index contributed by atoms with van der Waals surface area (Å²) in [7, 11) is -4.86. The minimum absolute atomic E-state index is 0.0552. The predicted molar refractivity (Wildman–Crippen MR) is 211 cm³/mol. The van der Waals surface area contributed by atoms with Crippen molar-refractivity contribution < 1.29 is 42.9 Å². The van der Waals surface area contributed by atoms with Crippen LogP contribution in [0.5, 0.6) is 0 Å². The van der Waals surface area contributed by atoms with Gasteiger partial charge in [0.25, 0.3) is 0 Å². The van der Waals surface area contributed by atoms with Gasteiger partial charge in [0.15, 0.2) is 5.82 Å². The first-order valence-corrected chi connectivity index (χ1v) is 21.8. The van der Waals surface area contributed by atoms with Crippen molar-refractivity contribution in [3.05, 3.63) is 53.7 Å². The second kappa shape index (κ2) is 24.4. The number of nitrogens with two attached hydrogens (primary N) is 1. The Bertz CT molecular complexity index is 1750. The fraction of sp³-hybridized carbons (Fsp3) is 0.675. The van der Waals surface area contributed by atoms with Gasteiger partial charge >= 0.3 is 7.82 Å². The largest absolute Gasteiger partial charge is 0.472 e. The Hall–Kier alpha value is -3.54. The second-order valence-corrected chi connectivity index (χ2v) is 16.1. The highest BCUT2D eigenvalue weighted by molar-refractivity contribution is 7.47. The average molecular weight is 814 g/mol. The van der Waals surface area contributed by atoms with E-state index >= 15 is 0 Å². The molecule has 1 fully saturated rings. The Kier molecular flexibility index (Phi) is 19.8. The highest BCUT2D eigenvalue weighted by Gasteiger charge is 2.57. The van der Waals surface area contributed by atoms with Crippen molar-refractivity contribution >= 4 is 19.2 Å². The van der Waals surface area contributed by atoms with Gasteiger partial charge in [-0.2, -0.15) is 15.6 Å². The molecule has 1 aliphatic heterocycles. The van der Waals surface area contributed by atoms with Gasteiger partial charge in [0, 0.05) is 12.8 Å². The van der Waals surface area contributed by atoms with Gasteiger partial charge in [-0.05, 0) is 30.2 Å². The molecule has 0 radical (unpaired) electrons. The summed E-state index contributed by atoms with van der Waals surface area (Å²) in [4.78, 5) is 18.6. The van der Waals surface area contributed by atoms with Crippen LogP contribution in [-0.4, -0.2) is 85.0 Å². The van der Waals surface area contributed by atoms with Crippen LogP contribution in [0.4, 0.5) is 5.82 Å². The number of hydrogen-bond acceptors (Lipinski definition) is 14. The summed E-state index contributed by atoms with van der Waals surface area (Å²) < 4.78 is 42.5. The summed E-state index contributed by atoms with van der Waals surface area (Å²) in [5.41, 5.74) is 5.28. The molecule has 1 saturated heterocycles. The van der Waals surface area contributed by atoms with E-state index in [9.17, 15) is 24.9 Å². The molecular formula is C40H60N7O9P. The van der Waals surface area contributed by atoms with Gasteiger partial charge in [-0.1, -0.05) is 109 Å². The topological polar surface area (TPSA) is 241 Å². The molecule has 1 aliphatic rings. The lowest BCUT2D eigenvalue weighted by atomic mass is 9.96. The highest BCUT2D eigenvalue weighted by Crippen LogP contribution is 2.47. The third-order valence-electron chi connectivity index (χ3n) is 10.2. The van der Waals surface area contributed by atoms with E-state index in [4.69, 9.17) is 34.3 Å². The van der Waals surface area contributed by atoms with Crippen molar-refractivity contribution in [3.63, 3.8) is 0 Å². The number of phosphoric ester groups is 1. The lowest BCUT2D eigenvalue weighted by Crippen LogP contribution is -2.45. The van der Waals surface area contributed by atoms with Gasteiger partial charge in [0.2, 0.25) is 5.60 Å². The van der Waals surface area contributed by atoms with Gasteiger partial charge in [-0.25, -0.2) is 19.0 Å². The molecular weight excluding hydrogens is 753 g/mol. The first-order chi connectivity index (χ1) is 27.6. The maximum atomic E-state index is 13.1. The minimum atomic E-state index is -4.86. The Balaban J connectivity index is 1.19. The number of aliphatic hydroxyl groups excluding tert-OH is 2. The Morgan fingerprint density at radius 1 is 0.912 bits per heavy atom. The standard InChI is InChI=1S/C40H60N7O9P/c1-2-3-4-5-6-7-8-9-10-11-12-13-14-15-16-17-22-52-26-33(53-25-31-18-19-32(23-41)44-24-31)27-54-57(50,51)55-29-40(28-42)38(49)36(48)37(56-40)34-20-21-35-39(43)45-30-46-47(34)35/h18-21,24,30,33,36-38,48-49H,2-17,22,25-27,29H2,1H3,(H,50,51)(H2,43,45,46)/t33-,36+,37+,38+,40-/m1/s1. The number of aliphatic hydroxyl groups is 2. The number of unbranched alkanes of at least 4 members (excludes halogenated alkanes) is 15. The smallest absolute Gasteiger partial charge is 0.387 e. The van der Waals surface area contributed by atoms with Crippen LogP contribution >= 0.6 is 7.82 Å². The van der Waals surface area contributed by atoms with E-state index in [0.29, 0.717) is 17.7 Å². The van der Waals surface area contributed by atoms with Crippen molar-refractivity contribution in [1.82, 2.24) is 19.6 Å². The molecule has 3 aromatic heterocycles. The zero-order valence-electron chi connectivity index (χ0n) is 33.1. The van der Waals surface area contributed by atoms with Crippen molar-refractivity contribution in [2.75, 3.05) is 32.2 Å². The molecule has 0 bridgehead atoms. The molecule has 0 spiro atoms.